The minimum Gasteiger partial charge on any atom is -0.338 e. The van der Waals surface area contributed by atoms with E-state index in [9.17, 15) is 9.59 Å². The average Bonchev–Trinajstić information content (AvgIpc) is 3.79. The van der Waals surface area contributed by atoms with Crippen molar-refractivity contribution in [2.45, 2.75) is 113 Å². The zero-order valence-corrected chi connectivity index (χ0v) is 31.1. The molecule has 4 rings (SSSR count). The molecule has 2 aliphatic rings. The first kappa shape index (κ1) is 41.8. The van der Waals surface area contributed by atoms with Gasteiger partial charge in [0.15, 0.2) is 0 Å². The van der Waals surface area contributed by atoms with Gasteiger partial charge in [0.1, 0.15) is 5.78 Å². The van der Waals surface area contributed by atoms with Gasteiger partial charge in [-0.25, -0.2) is 4.98 Å². The summed E-state index contributed by atoms with van der Waals surface area (Å²) < 4.78 is 2.06. The van der Waals surface area contributed by atoms with Crippen molar-refractivity contribution < 1.29 is 9.59 Å². The second-order valence-corrected chi connectivity index (χ2v) is 13.6. The molecule has 2 aliphatic heterocycles. The number of Topliss-reactive ketones (excluding diaryl/α,β-unsaturated/α-hetero) is 1. The van der Waals surface area contributed by atoms with Crippen molar-refractivity contribution in [1.82, 2.24) is 19.4 Å². The van der Waals surface area contributed by atoms with E-state index >= 15 is 0 Å². The van der Waals surface area contributed by atoms with Crippen LogP contribution < -0.4 is 0 Å². The van der Waals surface area contributed by atoms with Crippen LogP contribution in [0.5, 0.6) is 0 Å². The molecule has 0 radical (unpaired) electrons. The van der Waals surface area contributed by atoms with Crippen LogP contribution in [0.25, 0.3) is 0 Å². The van der Waals surface area contributed by atoms with Gasteiger partial charge < -0.3 is 19.2 Å². The van der Waals surface area contributed by atoms with Crippen molar-refractivity contribution in [2.75, 3.05) is 26.2 Å². The van der Waals surface area contributed by atoms with Crippen LogP contribution in [-0.2, 0) is 29.0 Å². The molecule has 1 unspecified atom stereocenters. The Morgan fingerprint density at radius 3 is 2.40 bits per heavy atom. The number of amides is 1. The van der Waals surface area contributed by atoms with Crippen LogP contribution in [0.4, 0.5) is 0 Å². The highest BCUT2D eigenvalue weighted by molar-refractivity contribution is 6.30. The summed E-state index contributed by atoms with van der Waals surface area (Å²) in [6.07, 6.45) is 16.3. The Morgan fingerprint density at radius 1 is 1.15 bits per heavy atom. The van der Waals surface area contributed by atoms with Crippen molar-refractivity contribution in [3.63, 3.8) is 0 Å². The highest BCUT2D eigenvalue weighted by Crippen LogP contribution is 2.24. The van der Waals surface area contributed by atoms with Crippen LogP contribution in [0.2, 0.25) is 5.02 Å². The second-order valence-electron chi connectivity index (χ2n) is 13.1. The molecule has 3 heterocycles. The quantitative estimate of drug-likeness (QED) is 0.187. The molecule has 0 bridgehead atoms. The molecule has 7 nitrogen and oxygen atoms in total. The number of nitriles is 1. The fraction of sp³-hybridized carbons (Fsp3) is 0.590. The van der Waals surface area contributed by atoms with Crippen LogP contribution in [0.15, 0.2) is 60.6 Å². The van der Waals surface area contributed by atoms with E-state index < -0.39 is 0 Å². The van der Waals surface area contributed by atoms with Gasteiger partial charge in [-0.15, -0.1) is 0 Å². The minimum absolute atomic E-state index is 0.167. The number of ketones is 1. The highest BCUT2D eigenvalue weighted by atomic mass is 35.5. The zero-order chi connectivity index (χ0) is 35.2. The van der Waals surface area contributed by atoms with Gasteiger partial charge in [0.05, 0.1) is 18.8 Å². The maximum Gasteiger partial charge on any atom is 0.228 e. The summed E-state index contributed by atoms with van der Waals surface area (Å²) in [7, 11) is 0. The summed E-state index contributed by atoms with van der Waals surface area (Å²) in [5, 5.41) is 9.79. The fourth-order valence-electron chi connectivity index (χ4n) is 5.40. The minimum atomic E-state index is 0.167. The molecule has 8 heteroatoms. The first-order valence-electron chi connectivity index (χ1n) is 17.4. The molecule has 0 N–H and O–H groups in total. The van der Waals surface area contributed by atoms with Crippen molar-refractivity contribution in [2.24, 2.45) is 11.8 Å². The Morgan fingerprint density at radius 2 is 1.85 bits per heavy atom. The largest absolute Gasteiger partial charge is 0.338 e. The zero-order valence-electron chi connectivity index (χ0n) is 30.3. The Balaban J connectivity index is 0.000000531. The first-order valence-corrected chi connectivity index (χ1v) is 17.8. The van der Waals surface area contributed by atoms with Gasteiger partial charge in [-0.1, -0.05) is 76.9 Å². The molecule has 2 fully saturated rings. The van der Waals surface area contributed by atoms with Crippen molar-refractivity contribution in [1.29, 1.82) is 5.26 Å². The Bertz CT molecular complexity index is 1290. The number of rotatable bonds is 10. The van der Waals surface area contributed by atoms with Gasteiger partial charge in [0.2, 0.25) is 5.91 Å². The maximum atomic E-state index is 13.1. The lowest BCUT2D eigenvalue weighted by atomic mass is 10.1. The molecule has 47 heavy (non-hydrogen) atoms. The summed E-state index contributed by atoms with van der Waals surface area (Å²) in [5.74, 6) is 2.05. The van der Waals surface area contributed by atoms with E-state index in [2.05, 4.69) is 66.1 Å². The molecule has 2 atom stereocenters. The molecule has 260 valence electrons. The van der Waals surface area contributed by atoms with Gasteiger partial charge >= 0.3 is 0 Å². The third-order valence-corrected chi connectivity index (χ3v) is 8.05. The van der Waals surface area contributed by atoms with Gasteiger partial charge in [-0.05, 0) is 95.0 Å². The maximum absolute atomic E-state index is 13.1. The first-order chi connectivity index (χ1) is 22.4. The molecular formula is C39H60ClN5O2. The lowest BCUT2D eigenvalue weighted by molar-refractivity contribution is -0.131. The number of carbonyl (C=O) groups excluding carboxylic acids is 2. The van der Waals surface area contributed by atoms with Gasteiger partial charge in [-0.2, -0.15) is 5.26 Å². The van der Waals surface area contributed by atoms with Gasteiger partial charge in [0.25, 0.3) is 0 Å². The number of carbonyl (C=O) groups is 2. The average molecular weight is 666 g/mol. The number of halogens is 1. The number of aromatic nitrogens is 2. The van der Waals surface area contributed by atoms with Crippen LogP contribution in [0, 0.1) is 23.2 Å². The van der Waals surface area contributed by atoms with Crippen LogP contribution in [0.1, 0.15) is 98.8 Å². The number of benzene rings is 1. The summed E-state index contributed by atoms with van der Waals surface area (Å²) in [6, 6.07) is 10.4. The third kappa shape index (κ3) is 18.1. The second kappa shape index (κ2) is 24.0. The summed E-state index contributed by atoms with van der Waals surface area (Å²) in [4.78, 5) is 31.5. The lowest BCUT2D eigenvalue weighted by Gasteiger charge is -2.29. The number of hydrogen-bond acceptors (Lipinski definition) is 5. The predicted octanol–water partition coefficient (Wildman–Crippen LogP) is 8.72. The SMILES string of the molecule is C/C=C(C#N)\C=C/CCn1cncc1CC(=O)N1CCC[C@H]1CN1CCC(CC)C1.CC(C)=O.CC(C)C.CCc1cccc(Cl)c1. The van der Waals surface area contributed by atoms with E-state index in [1.807, 2.05) is 43.5 Å². The molecule has 0 spiro atoms. The Hall–Kier alpha value is -3.21. The number of likely N-dealkylation sites (tertiary alicyclic amines) is 2. The standard InChI is InChI=1S/C24H35N5O.C8H9Cl.C4H10.C3H6O/c1-3-20(15-25)8-5-6-11-28-19-26-16-23(28)14-24(30)29-12-7-9-22(29)18-27-13-10-21(4-2)17-27;1-2-7-4-3-5-8(9)6-7;1-4(2)3;1-3(2)4/h3,5,8,16,19,21-22H,4,6-7,9-14,17-18H2,1-2H3;3-6H,2H2,1H3;4H,1-3H3;1-2H3/b8-5-,20-3+;;;/t21?,22-;;;/m0.../s1. The normalized spacial score (nSPS) is 17.7. The fourth-order valence-corrected chi connectivity index (χ4v) is 5.61. The highest BCUT2D eigenvalue weighted by Gasteiger charge is 2.32. The number of allylic oxidation sites excluding steroid dienone is 4. The van der Waals surface area contributed by atoms with E-state index in [0.717, 1.165) is 67.9 Å². The molecular weight excluding hydrogens is 606 g/mol. The molecule has 0 aliphatic carbocycles. The predicted molar refractivity (Wildman–Crippen MR) is 196 cm³/mol. The number of aryl methyl sites for hydroxylation is 2. The van der Waals surface area contributed by atoms with Crippen molar-refractivity contribution in [3.05, 3.63) is 76.9 Å². The summed E-state index contributed by atoms with van der Waals surface area (Å²) >= 11 is 5.72. The van der Waals surface area contributed by atoms with Crippen LogP contribution in [-0.4, -0.2) is 63.3 Å². The van der Waals surface area contributed by atoms with E-state index in [4.69, 9.17) is 16.9 Å². The Kier molecular flexibility index (Phi) is 21.4. The van der Waals surface area contributed by atoms with E-state index in [-0.39, 0.29) is 11.7 Å². The lowest BCUT2D eigenvalue weighted by Crippen LogP contribution is -2.43. The van der Waals surface area contributed by atoms with Crippen molar-refractivity contribution >= 4 is 23.3 Å². The molecule has 2 saturated heterocycles. The van der Waals surface area contributed by atoms with Gasteiger partial charge in [0, 0.05) is 54.7 Å². The van der Waals surface area contributed by atoms with Crippen molar-refractivity contribution in [3.8, 4) is 6.07 Å². The number of nitrogens with zero attached hydrogens (tertiary/aromatic N) is 5. The molecule has 1 amide bonds. The van der Waals surface area contributed by atoms with E-state index in [1.54, 1.807) is 12.4 Å². The molecule has 1 aromatic carbocycles. The third-order valence-electron chi connectivity index (χ3n) is 7.82. The molecule has 0 saturated carbocycles. The van der Waals surface area contributed by atoms with E-state index in [0.29, 0.717) is 18.0 Å². The van der Waals surface area contributed by atoms with Crippen LogP contribution >= 0.6 is 11.6 Å². The van der Waals surface area contributed by atoms with Gasteiger partial charge in [-0.3, -0.25) is 4.79 Å². The monoisotopic (exact) mass is 665 g/mol. The number of imidazole rings is 1. The molecule has 2 aromatic rings. The smallest absolute Gasteiger partial charge is 0.228 e. The van der Waals surface area contributed by atoms with E-state index in [1.165, 1.54) is 45.3 Å². The molecule has 1 aromatic heterocycles. The van der Waals surface area contributed by atoms with Crippen LogP contribution in [0.3, 0.4) is 0 Å². The number of hydrogen-bond donors (Lipinski definition) is 0. The Labute approximate surface area is 290 Å². The summed E-state index contributed by atoms with van der Waals surface area (Å²) in [6.45, 7) is 20.8. The topological polar surface area (TPSA) is 82.2 Å². The summed E-state index contributed by atoms with van der Waals surface area (Å²) in [5.41, 5.74) is 2.93.